The predicted molar refractivity (Wildman–Crippen MR) is 89.6 cm³/mol. The quantitative estimate of drug-likeness (QED) is 0.765. The molecule has 0 radical (unpaired) electrons. The van der Waals surface area contributed by atoms with Crippen molar-refractivity contribution in [2.24, 2.45) is 0 Å². The van der Waals surface area contributed by atoms with Crippen LogP contribution in [0.3, 0.4) is 0 Å². The van der Waals surface area contributed by atoms with Crippen LogP contribution in [0.15, 0.2) is 24.4 Å². The van der Waals surface area contributed by atoms with Gasteiger partial charge in [-0.25, -0.2) is 13.8 Å². The number of hydrogen-bond acceptors (Lipinski definition) is 5. The summed E-state index contributed by atoms with van der Waals surface area (Å²) in [6, 6.07) is 3.01. The largest absolute Gasteiger partial charge is 0.392 e. The molecule has 0 spiro atoms. The number of thiazole rings is 1. The van der Waals surface area contributed by atoms with Crippen LogP contribution in [0, 0.1) is 11.6 Å². The molecular weight excluding hydrogens is 360 g/mol. The van der Waals surface area contributed by atoms with Crippen molar-refractivity contribution >= 4 is 34.8 Å². The van der Waals surface area contributed by atoms with E-state index in [9.17, 15) is 18.7 Å². The molecular formula is C15H16ClF2N3O2S. The molecule has 2 unspecified atom stereocenters. The summed E-state index contributed by atoms with van der Waals surface area (Å²) in [4.78, 5) is 16.8. The van der Waals surface area contributed by atoms with E-state index in [1.807, 2.05) is 0 Å². The minimum absolute atomic E-state index is 0. The Bertz CT molecular complexity index is 728. The predicted octanol–water partition coefficient (Wildman–Crippen LogP) is 2.10. The summed E-state index contributed by atoms with van der Waals surface area (Å²) in [5, 5.41) is 15.4. The number of amides is 1. The van der Waals surface area contributed by atoms with Gasteiger partial charge in [0.15, 0.2) is 5.13 Å². The lowest BCUT2D eigenvalue weighted by molar-refractivity contribution is -0.117. The third kappa shape index (κ3) is 4.47. The van der Waals surface area contributed by atoms with Gasteiger partial charge in [-0.1, -0.05) is 6.07 Å². The molecule has 0 bridgehead atoms. The molecule has 0 aliphatic carbocycles. The highest BCUT2D eigenvalue weighted by Crippen LogP contribution is 2.23. The summed E-state index contributed by atoms with van der Waals surface area (Å²) in [6.07, 6.45) is 1.68. The summed E-state index contributed by atoms with van der Waals surface area (Å²) in [7, 11) is 0. The molecule has 1 aromatic heterocycles. The number of nitrogens with zero attached hydrogens (tertiary/aromatic N) is 1. The van der Waals surface area contributed by atoms with E-state index in [2.05, 4.69) is 15.6 Å². The van der Waals surface area contributed by atoms with E-state index in [0.29, 0.717) is 23.7 Å². The van der Waals surface area contributed by atoms with Gasteiger partial charge in [-0.2, -0.15) is 0 Å². The first kappa shape index (κ1) is 18.7. The van der Waals surface area contributed by atoms with Gasteiger partial charge in [-0.05, 0) is 18.1 Å². The zero-order chi connectivity index (χ0) is 16.4. The maximum Gasteiger partial charge on any atom is 0.243 e. The first-order valence-corrected chi connectivity index (χ1v) is 7.94. The molecule has 3 N–H and O–H groups in total. The van der Waals surface area contributed by atoms with Crippen molar-refractivity contribution in [1.29, 1.82) is 0 Å². The molecule has 9 heteroatoms. The molecule has 1 aliphatic rings. The SMILES string of the molecule is Cl.O=C(Nc1ncc(Cc2ccc(F)cc2F)s1)C1CC(O)CN1. The number of anilines is 1. The number of hydrogen-bond donors (Lipinski definition) is 3. The maximum atomic E-state index is 13.6. The molecule has 0 saturated carbocycles. The molecule has 1 aromatic carbocycles. The second-order valence-electron chi connectivity index (χ2n) is 5.38. The highest BCUT2D eigenvalue weighted by Gasteiger charge is 2.28. The molecule has 130 valence electrons. The van der Waals surface area contributed by atoms with Crippen LogP contribution < -0.4 is 10.6 Å². The van der Waals surface area contributed by atoms with Gasteiger partial charge in [0.05, 0.1) is 12.1 Å². The maximum absolute atomic E-state index is 13.6. The zero-order valence-corrected chi connectivity index (χ0v) is 14.1. The number of carbonyl (C=O) groups is 1. The number of benzene rings is 1. The van der Waals surface area contributed by atoms with Crippen LogP contribution >= 0.6 is 23.7 Å². The molecule has 1 saturated heterocycles. The molecule has 2 aromatic rings. The lowest BCUT2D eigenvalue weighted by Crippen LogP contribution is -2.35. The number of aromatic nitrogens is 1. The molecule has 2 heterocycles. The number of nitrogens with one attached hydrogen (secondary N) is 2. The third-order valence-corrected chi connectivity index (χ3v) is 4.50. The molecule has 3 rings (SSSR count). The van der Waals surface area contributed by atoms with Crippen molar-refractivity contribution in [2.75, 3.05) is 11.9 Å². The van der Waals surface area contributed by atoms with E-state index in [4.69, 9.17) is 0 Å². The molecule has 2 atom stereocenters. The Hall–Kier alpha value is -1.61. The van der Waals surface area contributed by atoms with E-state index in [1.165, 1.54) is 23.5 Å². The lowest BCUT2D eigenvalue weighted by Gasteiger charge is -2.08. The molecule has 5 nitrogen and oxygen atoms in total. The van der Waals surface area contributed by atoms with Gasteiger partial charge < -0.3 is 15.7 Å². The summed E-state index contributed by atoms with van der Waals surface area (Å²) < 4.78 is 26.5. The Labute approximate surface area is 147 Å². The van der Waals surface area contributed by atoms with Gasteiger partial charge >= 0.3 is 0 Å². The van der Waals surface area contributed by atoms with E-state index < -0.39 is 23.8 Å². The minimum atomic E-state index is -0.616. The third-order valence-electron chi connectivity index (χ3n) is 3.59. The van der Waals surface area contributed by atoms with Gasteiger partial charge in [0.2, 0.25) is 5.91 Å². The summed E-state index contributed by atoms with van der Waals surface area (Å²) >= 11 is 1.23. The van der Waals surface area contributed by atoms with Crippen molar-refractivity contribution in [3.05, 3.63) is 46.5 Å². The summed E-state index contributed by atoms with van der Waals surface area (Å²) in [5.74, 6) is -1.47. The number of halogens is 3. The number of β-amino-alcohol motifs (C(OH)–C–C–N with tert-alkyl or cyclic N) is 1. The van der Waals surface area contributed by atoms with Gasteiger partial charge in [0.25, 0.3) is 0 Å². The zero-order valence-electron chi connectivity index (χ0n) is 12.5. The topological polar surface area (TPSA) is 74.2 Å². The van der Waals surface area contributed by atoms with Crippen LogP contribution in [-0.4, -0.2) is 34.7 Å². The van der Waals surface area contributed by atoms with Crippen LogP contribution in [0.2, 0.25) is 0 Å². The smallest absolute Gasteiger partial charge is 0.243 e. The average molecular weight is 376 g/mol. The van der Waals surface area contributed by atoms with Gasteiger partial charge in [-0.3, -0.25) is 4.79 Å². The Morgan fingerprint density at radius 1 is 1.46 bits per heavy atom. The fraction of sp³-hybridized carbons (Fsp3) is 0.333. The fourth-order valence-electron chi connectivity index (χ4n) is 2.41. The van der Waals surface area contributed by atoms with Crippen molar-refractivity contribution in [3.63, 3.8) is 0 Å². The second-order valence-corrected chi connectivity index (χ2v) is 6.50. The Kier molecular flexibility index (Phi) is 6.22. The van der Waals surface area contributed by atoms with Crippen molar-refractivity contribution in [1.82, 2.24) is 10.3 Å². The second kappa shape index (κ2) is 7.98. The highest BCUT2D eigenvalue weighted by molar-refractivity contribution is 7.15. The van der Waals surface area contributed by atoms with E-state index in [1.54, 1.807) is 6.20 Å². The first-order chi connectivity index (χ1) is 11.0. The van der Waals surface area contributed by atoms with Crippen LogP contribution in [0.1, 0.15) is 16.9 Å². The normalized spacial score (nSPS) is 19.8. The van der Waals surface area contributed by atoms with Crippen molar-refractivity contribution in [2.45, 2.75) is 25.0 Å². The lowest BCUT2D eigenvalue weighted by atomic mass is 10.1. The van der Waals surface area contributed by atoms with Gasteiger partial charge in [0, 0.05) is 30.1 Å². The van der Waals surface area contributed by atoms with Gasteiger partial charge in [-0.15, -0.1) is 23.7 Å². The van der Waals surface area contributed by atoms with E-state index in [0.717, 1.165) is 10.9 Å². The van der Waals surface area contributed by atoms with E-state index >= 15 is 0 Å². The van der Waals surface area contributed by atoms with Crippen LogP contribution in [0.4, 0.5) is 13.9 Å². The Morgan fingerprint density at radius 2 is 2.25 bits per heavy atom. The van der Waals surface area contributed by atoms with Crippen molar-refractivity contribution < 1.29 is 18.7 Å². The summed E-state index contributed by atoms with van der Waals surface area (Å²) in [6.45, 7) is 0.394. The highest BCUT2D eigenvalue weighted by atomic mass is 35.5. The number of carbonyl (C=O) groups excluding carboxylic acids is 1. The molecule has 24 heavy (non-hydrogen) atoms. The number of aliphatic hydroxyl groups is 1. The van der Waals surface area contributed by atoms with Crippen molar-refractivity contribution in [3.8, 4) is 0 Å². The van der Waals surface area contributed by atoms with Crippen LogP contribution in [0.5, 0.6) is 0 Å². The van der Waals surface area contributed by atoms with E-state index in [-0.39, 0.29) is 24.7 Å². The Balaban J connectivity index is 0.00000208. The number of aliphatic hydroxyl groups excluding tert-OH is 1. The standard InChI is InChI=1S/C15H15F2N3O2S.ClH/c16-9-2-1-8(12(17)4-9)3-11-7-19-15(23-11)20-14(22)13-5-10(21)6-18-13;/h1-2,4,7,10,13,18,21H,3,5-6H2,(H,19,20,22);1H. The summed E-state index contributed by atoms with van der Waals surface area (Å²) in [5.41, 5.74) is 0.369. The monoisotopic (exact) mass is 375 g/mol. The van der Waals surface area contributed by atoms with Crippen LogP contribution in [-0.2, 0) is 11.2 Å². The molecule has 1 amide bonds. The number of rotatable bonds is 4. The first-order valence-electron chi connectivity index (χ1n) is 7.12. The van der Waals surface area contributed by atoms with Gasteiger partial charge in [0.1, 0.15) is 11.6 Å². The molecule has 1 aliphatic heterocycles. The minimum Gasteiger partial charge on any atom is -0.392 e. The molecule has 1 fully saturated rings. The fourth-order valence-corrected chi connectivity index (χ4v) is 3.25. The average Bonchev–Trinajstić information content (AvgIpc) is 3.11. The Morgan fingerprint density at radius 3 is 2.92 bits per heavy atom. The van der Waals surface area contributed by atoms with Crippen LogP contribution in [0.25, 0.3) is 0 Å².